The lowest BCUT2D eigenvalue weighted by Crippen LogP contribution is -2.66. The molecule has 17 aliphatic rings. The molecule has 2 spiro atoms. The van der Waals surface area contributed by atoms with Crippen LogP contribution in [0.25, 0.3) is 0 Å². The van der Waals surface area contributed by atoms with Crippen molar-refractivity contribution < 1.29 is 0 Å². The molecule has 14 fully saturated rings. The molecule has 0 amide bonds. The predicted octanol–water partition coefficient (Wildman–Crippen LogP) is 10.3. The van der Waals surface area contributed by atoms with Crippen molar-refractivity contribution in [2.75, 3.05) is 19.6 Å². The van der Waals surface area contributed by atoms with E-state index in [1.165, 1.54) is 148 Å². The molecule has 0 bridgehead atoms. The zero-order valence-electron chi connectivity index (χ0n) is 32.2. The minimum absolute atomic E-state index is 0.503. The Morgan fingerprint density at radius 3 is 1.37 bits per heavy atom. The van der Waals surface area contributed by atoms with Crippen LogP contribution in [0.5, 0.6) is 0 Å². The monoisotopic (exact) mass is 692 g/mol. The Kier molecular flexibility index (Phi) is 4.77. The molecule has 0 aromatic rings. The largest absolute Gasteiger partial charge is 0.301 e. The lowest BCUT2D eigenvalue weighted by atomic mass is 9.35. The van der Waals surface area contributed by atoms with Crippen LogP contribution in [0.2, 0.25) is 0 Å². The zero-order valence-corrected chi connectivity index (χ0v) is 32.2. The molecule has 1 heterocycles. The van der Waals surface area contributed by atoms with Gasteiger partial charge in [0.25, 0.3) is 0 Å². The SMILES string of the molecule is CCCCCCCCCN1CC23C4=C5CCC6C7CCC8C9CCC%10C%11CCC%12=C(C=C4)C2(C1)C1C%12C%11C2C%10C9C4C8C7C7C6C5C3C3C7C4C2C31. The molecule has 1 saturated heterocycles. The van der Waals surface area contributed by atoms with Gasteiger partial charge in [-0.25, -0.2) is 0 Å². The number of likely N-dealkylation sites (tertiary alicyclic amines) is 1. The molecule has 13 saturated carbocycles. The first-order chi connectivity index (χ1) is 25.8. The Balaban J connectivity index is 0.915. The highest BCUT2D eigenvalue weighted by Crippen LogP contribution is 2.95. The molecule has 1 nitrogen and oxygen atoms in total. The van der Waals surface area contributed by atoms with Crippen molar-refractivity contribution in [2.45, 2.75) is 103 Å². The first-order valence-electron chi connectivity index (χ1n) is 24.7. The fourth-order valence-electron chi connectivity index (χ4n) is 26.2. The summed E-state index contributed by atoms with van der Waals surface area (Å²) in [6, 6.07) is 0. The second kappa shape index (κ2) is 8.69. The first-order valence-corrected chi connectivity index (χ1v) is 24.7. The van der Waals surface area contributed by atoms with Crippen molar-refractivity contribution in [2.24, 2.45) is 153 Å². The highest BCUT2D eigenvalue weighted by atomic mass is 15.2. The summed E-state index contributed by atoms with van der Waals surface area (Å²) in [5, 5.41) is 0. The van der Waals surface area contributed by atoms with E-state index in [-0.39, 0.29) is 0 Å². The average molecular weight is 692 g/mol. The number of rotatable bonds is 8. The maximum absolute atomic E-state index is 3.24. The minimum atomic E-state index is 0.503. The number of fused-ring (bicyclic) bond motifs is 3. The smallest absolute Gasteiger partial charge is 0.0229 e. The summed E-state index contributed by atoms with van der Waals surface area (Å²) in [6.07, 6.45) is 29.2. The number of hydrogen-bond acceptors (Lipinski definition) is 1. The number of unbranched alkanes of at least 4 members (excludes halogenated alkanes) is 6. The molecule has 16 aliphatic carbocycles. The molecule has 0 N–H and O–H groups in total. The van der Waals surface area contributed by atoms with E-state index in [4.69, 9.17) is 0 Å². The predicted molar refractivity (Wildman–Crippen MR) is 203 cm³/mol. The lowest BCUT2D eigenvalue weighted by molar-refractivity contribution is -0.182. The van der Waals surface area contributed by atoms with E-state index >= 15 is 0 Å². The van der Waals surface area contributed by atoms with Gasteiger partial charge in [0, 0.05) is 23.9 Å². The molecule has 17 rings (SSSR count). The molecule has 274 valence electrons. The summed E-state index contributed by atoms with van der Waals surface area (Å²) in [4.78, 5) is 3.24. The Labute approximate surface area is 314 Å². The van der Waals surface area contributed by atoms with Gasteiger partial charge in [0.15, 0.2) is 0 Å². The van der Waals surface area contributed by atoms with Crippen LogP contribution in [0.15, 0.2) is 34.4 Å². The Morgan fingerprint density at radius 1 is 0.462 bits per heavy atom. The van der Waals surface area contributed by atoms with Crippen molar-refractivity contribution in [1.29, 1.82) is 0 Å². The maximum atomic E-state index is 3.24. The third-order valence-electron chi connectivity index (χ3n) is 25.2. The highest BCUT2D eigenvalue weighted by Gasteiger charge is 2.91. The average Bonchev–Trinajstić information content (AvgIpc) is 4.01. The number of hydrogen-bond donors (Lipinski definition) is 0. The van der Waals surface area contributed by atoms with E-state index in [0.717, 1.165) is 71.0 Å². The van der Waals surface area contributed by atoms with Crippen LogP contribution in [0.3, 0.4) is 0 Å². The Morgan fingerprint density at radius 2 is 0.865 bits per heavy atom. The third-order valence-corrected chi connectivity index (χ3v) is 25.2. The van der Waals surface area contributed by atoms with Gasteiger partial charge >= 0.3 is 0 Å². The Bertz CT molecular complexity index is 1730. The number of nitrogens with zero attached hydrogens (tertiary/aromatic N) is 1. The van der Waals surface area contributed by atoms with Crippen LogP contribution in [-0.2, 0) is 0 Å². The summed E-state index contributed by atoms with van der Waals surface area (Å²) in [6.45, 7) is 6.79. The molecule has 1 heteroatoms. The van der Waals surface area contributed by atoms with E-state index in [9.17, 15) is 0 Å². The number of allylic oxidation sites excluding steroid dienone is 4. The van der Waals surface area contributed by atoms with E-state index in [2.05, 4.69) is 46.3 Å². The van der Waals surface area contributed by atoms with Crippen molar-refractivity contribution >= 4 is 0 Å². The fraction of sp³-hybridized carbons (Fsp3) is 0.882. The quantitative estimate of drug-likeness (QED) is 0.229. The van der Waals surface area contributed by atoms with Gasteiger partial charge in [0.05, 0.1) is 0 Å². The van der Waals surface area contributed by atoms with Crippen LogP contribution in [-0.4, -0.2) is 24.5 Å². The van der Waals surface area contributed by atoms with Gasteiger partial charge in [0.1, 0.15) is 0 Å². The van der Waals surface area contributed by atoms with Crippen LogP contribution in [0, 0.1) is 153 Å². The van der Waals surface area contributed by atoms with Gasteiger partial charge in [-0.15, -0.1) is 0 Å². The second-order valence-electron chi connectivity index (χ2n) is 24.4. The van der Waals surface area contributed by atoms with E-state index in [1.54, 1.807) is 38.5 Å². The molecule has 24 atom stereocenters. The standard InChI is InChI=1S/C51H65N/c1-2-3-4-5-6-7-8-19-52-20-50-30-17-18-31-29-16-14-27-25-12-10-23-22-9-11-24-26-13-15-28(30)38-36(26)41-34(24)32(22)40-33(23)35(25)42-37(27)39(29)49(51(31,50)21-52)47-45(42)43(40)44(41)46(47)48(38)50/h17-18,22-27,32-49H,2-16,19-21H2,1H3. The van der Waals surface area contributed by atoms with Gasteiger partial charge in [0.2, 0.25) is 0 Å². The molecule has 0 radical (unpaired) electrons. The van der Waals surface area contributed by atoms with Gasteiger partial charge in [-0.2, -0.15) is 0 Å². The molecule has 24 unspecified atom stereocenters. The van der Waals surface area contributed by atoms with E-state index in [0.29, 0.717) is 10.8 Å². The molecule has 0 aromatic carbocycles. The van der Waals surface area contributed by atoms with Crippen LogP contribution < -0.4 is 0 Å². The molecular formula is C51H65N. The summed E-state index contributed by atoms with van der Waals surface area (Å²) in [5.41, 5.74) is 9.47. The summed E-state index contributed by atoms with van der Waals surface area (Å²) < 4.78 is 0. The third kappa shape index (κ3) is 2.44. The molecule has 0 aromatic heterocycles. The van der Waals surface area contributed by atoms with Crippen molar-refractivity contribution in [1.82, 2.24) is 4.90 Å². The normalized spacial score (nSPS) is 68.2. The fourth-order valence-corrected chi connectivity index (χ4v) is 26.2. The molecular weight excluding hydrogens is 627 g/mol. The summed E-state index contributed by atoms with van der Waals surface area (Å²) >= 11 is 0. The highest BCUT2D eigenvalue weighted by molar-refractivity contribution is 5.63. The molecule has 52 heavy (non-hydrogen) atoms. The topological polar surface area (TPSA) is 3.24 Å². The Hall–Kier alpha value is -0.820. The van der Waals surface area contributed by atoms with E-state index < -0.39 is 0 Å². The van der Waals surface area contributed by atoms with Crippen molar-refractivity contribution in [3.05, 3.63) is 34.4 Å². The second-order valence-corrected chi connectivity index (χ2v) is 24.4. The zero-order chi connectivity index (χ0) is 32.9. The first kappa shape index (κ1) is 28.6. The van der Waals surface area contributed by atoms with Crippen LogP contribution >= 0.6 is 0 Å². The van der Waals surface area contributed by atoms with Gasteiger partial charge < -0.3 is 4.90 Å². The van der Waals surface area contributed by atoms with Crippen LogP contribution in [0.1, 0.15) is 103 Å². The lowest BCUT2D eigenvalue weighted by Gasteiger charge is -2.68. The van der Waals surface area contributed by atoms with Gasteiger partial charge in [-0.05, 0) is 218 Å². The summed E-state index contributed by atoms with van der Waals surface area (Å²) in [7, 11) is 0. The summed E-state index contributed by atoms with van der Waals surface area (Å²) in [5.74, 6) is 27.5. The van der Waals surface area contributed by atoms with Gasteiger partial charge in [-0.3, -0.25) is 0 Å². The maximum Gasteiger partial charge on any atom is 0.0229 e. The van der Waals surface area contributed by atoms with Gasteiger partial charge in [-0.1, -0.05) is 68.7 Å². The minimum Gasteiger partial charge on any atom is -0.301 e. The van der Waals surface area contributed by atoms with Crippen molar-refractivity contribution in [3.63, 3.8) is 0 Å². The van der Waals surface area contributed by atoms with Crippen LogP contribution in [0.4, 0.5) is 0 Å². The van der Waals surface area contributed by atoms with Crippen molar-refractivity contribution in [3.8, 4) is 0 Å². The molecule has 1 aliphatic heterocycles. The van der Waals surface area contributed by atoms with E-state index in [1.807, 2.05) is 0 Å².